The molecule has 9 nitrogen and oxygen atoms in total. The lowest BCUT2D eigenvalue weighted by atomic mass is 9.83. The fourth-order valence-corrected chi connectivity index (χ4v) is 5.92. The van der Waals surface area contributed by atoms with Crippen molar-refractivity contribution in [2.24, 2.45) is 0 Å². The van der Waals surface area contributed by atoms with Crippen molar-refractivity contribution in [2.75, 3.05) is 32.7 Å². The number of piperidine rings is 1. The Hall–Kier alpha value is -3.89. The van der Waals surface area contributed by atoms with Crippen molar-refractivity contribution in [1.29, 1.82) is 5.26 Å². The third-order valence-corrected chi connectivity index (χ3v) is 8.11. The van der Waals surface area contributed by atoms with Crippen molar-refractivity contribution in [2.45, 2.75) is 43.4 Å². The summed E-state index contributed by atoms with van der Waals surface area (Å²) >= 11 is 0. The number of pyridine rings is 1. The number of halogens is 4. The predicted molar refractivity (Wildman–Crippen MR) is 137 cm³/mol. The molecule has 4 aromatic heterocycles. The van der Waals surface area contributed by atoms with Crippen molar-refractivity contribution in [3.8, 4) is 17.3 Å². The minimum Gasteiger partial charge on any atom is -0.346 e. The summed E-state index contributed by atoms with van der Waals surface area (Å²) < 4.78 is 55.1. The van der Waals surface area contributed by atoms with Crippen LogP contribution in [0.1, 0.15) is 30.5 Å². The van der Waals surface area contributed by atoms with Gasteiger partial charge in [0.2, 0.25) is 0 Å². The number of likely N-dealkylation sites (tertiary alicyclic amines) is 2. The van der Waals surface area contributed by atoms with Gasteiger partial charge in [-0.3, -0.25) is 9.58 Å². The minimum absolute atomic E-state index is 0.0336. The number of nitrogens with one attached hydrogen (secondary N) is 1. The third kappa shape index (κ3) is 4.82. The predicted octanol–water partition coefficient (Wildman–Crippen LogP) is 4.01. The highest BCUT2D eigenvalue weighted by atomic mass is 19.4. The summed E-state index contributed by atoms with van der Waals surface area (Å²) in [5.74, 6) is -1.28. The molecular formula is C27H27F4N9. The fraction of sp³-hybridized carbons (Fsp3) is 0.444. The maximum absolute atomic E-state index is 14.3. The maximum atomic E-state index is 14.3. The molecule has 2 aliphatic rings. The number of fused-ring (bicyclic) bond motifs is 1. The molecule has 0 amide bonds. The van der Waals surface area contributed by atoms with Gasteiger partial charge in [-0.25, -0.2) is 19.3 Å². The Bertz CT molecular complexity index is 1540. The Labute approximate surface area is 227 Å². The number of hydrogen-bond donors (Lipinski definition) is 1. The second-order valence-electron chi connectivity index (χ2n) is 10.6. The Morgan fingerprint density at radius 1 is 1.12 bits per heavy atom. The molecule has 2 fully saturated rings. The molecule has 6 heterocycles. The molecular weight excluding hydrogens is 526 g/mol. The Morgan fingerprint density at radius 2 is 1.93 bits per heavy atom. The highest BCUT2D eigenvalue weighted by Gasteiger charge is 2.48. The summed E-state index contributed by atoms with van der Waals surface area (Å²) in [6, 6.07) is 5.92. The Balaban J connectivity index is 1.06. The van der Waals surface area contributed by atoms with Crippen molar-refractivity contribution < 1.29 is 17.6 Å². The van der Waals surface area contributed by atoms with Gasteiger partial charge in [-0.05, 0) is 50.0 Å². The SMILES string of the molecule is N#CCC1(n2cc(-c3ncnc4[nH]ccc34)cn2)CN(C2CCN(CCc3ccnc(C(F)(F)F)c3F)CC2)C1. The van der Waals surface area contributed by atoms with Crippen LogP contribution in [0.2, 0.25) is 0 Å². The van der Waals surface area contributed by atoms with Crippen LogP contribution in [-0.4, -0.2) is 78.3 Å². The molecule has 40 heavy (non-hydrogen) atoms. The van der Waals surface area contributed by atoms with Gasteiger partial charge in [-0.1, -0.05) is 0 Å². The molecule has 1 N–H and O–H groups in total. The van der Waals surface area contributed by atoms with Crippen molar-refractivity contribution in [3.63, 3.8) is 0 Å². The first-order chi connectivity index (χ1) is 19.3. The molecule has 0 spiro atoms. The summed E-state index contributed by atoms with van der Waals surface area (Å²) in [5, 5.41) is 15.1. The second kappa shape index (κ2) is 10.3. The van der Waals surface area contributed by atoms with Crippen LogP contribution in [0, 0.1) is 17.1 Å². The van der Waals surface area contributed by atoms with E-state index in [1.165, 1.54) is 12.4 Å². The number of nitriles is 1. The number of H-pyrrole nitrogens is 1. The molecule has 0 unspecified atom stereocenters. The zero-order chi connectivity index (χ0) is 27.9. The molecule has 208 valence electrons. The number of alkyl halides is 3. The smallest absolute Gasteiger partial charge is 0.346 e. The van der Waals surface area contributed by atoms with E-state index in [-0.39, 0.29) is 12.0 Å². The molecule has 0 bridgehead atoms. The fourth-order valence-electron chi connectivity index (χ4n) is 5.92. The summed E-state index contributed by atoms with van der Waals surface area (Å²) in [6.07, 6.45) is 5.60. The molecule has 6 rings (SSSR count). The van der Waals surface area contributed by atoms with Gasteiger partial charge in [0.1, 0.15) is 17.5 Å². The zero-order valence-corrected chi connectivity index (χ0v) is 21.6. The van der Waals surface area contributed by atoms with E-state index in [0.29, 0.717) is 32.1 Å². The van der Waals surface area contributed by atoms with Crippen LogP contribution in [-0.2, 0) is 18.1 Å². The van der Waals surface area contributed by atoms with Gasteiger partial charge in [0.05, 0.1) is 24.4 Å². The standard InChI is InChI=1S/C27H27F4N9/c28-22-18(1-8-33-24(22)27(29,30)31)3-10-38-11-4-20(5-12-38)39-15-26(16-39,6-7-32)40-14-19(13-37-40)23-21-2-9-34-25(21)36-17-35-23/h1-2,8-9,13-14,17,20H,3-6,10-12,15-16H2,(H,34,35,36). The Kier molecular flexibility index (Phi) is 6.75. The molecule has 0 saturated carbocycles. The average molecular weight is 554 g/mol. The van der Waals surface area contributed by atoms with Crippen LogP contribution in [0.15, 0.2) is 43.2 Å². The summed E-state index contributed by atoms with van der Waals surface area (Å²) in [5.41, 5.74) is 0.567. The number of nitrogens with zero attached hydrogens (tertiary/aromatic N) is 8. The number of rotatable bonds is 7. The van der Waals surface area contributed by atoms with Gasteiger partial charge in [-0.15, -0.1) is 0 Å². The lowest BCUT2D eigenvalue weighted by molar-refractivity contribution is -0.143. The molecule has 4 aromatic rings. The van der Waals surface area contributed by atoms with Crippen molar-refractivity contribution in [3.05, 3.63) is 60.3 Å². The quantitative estimate of drug-likeness (QED) is 0.345. The number of hydrogen-bond acceptors (Lipinski definition) is 7. The topological polar surface area (TPSA) is 103 Å². The highest BCUT2D eigenvalue weighted by Crippen LogP contribution is 2.37. The van der Waals surface area contributed by atoms with E-state index < -0.39 is 23.2 Å². The maximum Gasteiger partial charge on any atom is 0.436 e. The zero-order valence-electron chi connectivity index (χ0n) is 21.6. The van der Waals surface area contributed by atoms with Crippen LogP contribution in [0.3, 0.4) is 0 Å². The number of aromatic amines is 1. The summed E-state index contributed by atoms with van der Waals surface area (Å²) in [6.45, 7) is 3.45. The van der Waals surface area contributed by atoms with Crippen LogP contribution >= 0.6 is 0 Å². The summed E-state index contributed by atoms with van der Waals surface area (Å²) in [4.78, 5) is 19.5. The lowest BCUT2D eigenvalue weighted by Gasteiger charge is -2.53. The Morgan fingerprint density at radius 3 is 2.67 bits per heavy atom. The van der Waals surface area contributed by atoms with Gasteiger partial charge in [0, 0.05) is 55.2 Å². The normalized spacial score (nSPS) is 18.6. The van der Waals surface area contributed by atoms with Gasteiger partial charge < -0.3 is 9.88 Å². The number of aromatic nitrogens is 6. The van der Waals surface area contributed by atoms with Gasteiger partial charge >= 0.3 is 6.18 Å². The molecule has 0 radical (unpaired) electrons. The van der Waals surface area contributed by atoms with Crippen LogP contribution < -0.4 is 0 Å². The highest BCUT2D eigenvalue weighted by molar-refractivity contribution is 5.90. The van der Waals surface area contributed by atoms with E-state index in [1.807, 2.05) is 23.1 Å². The van der Waals surface area contributed by atoms with E-state index in [0.717, 1.165) is 54.4 Å². The van der Waals surface area contributed by atoms with Crippen LogP contribution in [0.4, 0.5) is 17.6 Å². The van der Waals surface area contributed by atoms with Crippen LogP contribution in [0.25, 0.3) is 22.3 Å². The molecule has 0 atom stereocenters. The first kappa shape index (κ1) is 26.3. The molecule has 13 heteroatoms. The first-order valence-corrected chi connectivity index (χ1v) is 13.1. The minimum atomic E-state index is -4.81. The summed E-state index contributed by atoms with van der Waals surface area (Å²) in [7, 11) is 0. The van der Waals surface area contributed by atoms with E-state index in [1.54, 1.807) is 6.20 Å². The average Bonchev–Trinajstić information content (AvgIpc) is 3.60. The molecule has 0 aliphatic carbocycles. The van der Waals surface area contributed by atoms with E-state index in [4.69, 9.17) is 0 Å². The second-order valence-corrected chi connectivity index (χ2v) is 10.6. The van der Waals surface area contributed by atoms with Gasteiger partial charge in [0.25, 0.3) is 0 Å². The van der Waals surface area contributed by atoms with E-state index >= 15 is 0 Å². The van der Waals surface area contributed by atoms with Gasteiger partial charge in [0.15, 0.2) is 11.5 Å². The molecule has 0 aromatic carbocycles. The molecule has 2 aliphatic heterocycles. The van der Waals surface area contributed by atoms with Crippen molar-refractivity contribution >= 4 is 11.0 Å². The first-order valence-electron chi connectivity index (χ1n) is 13.1. The van der Waals surface area contributed by atoms with E-state index in [9.17, 15) is 22.8 Å². The lowest BCUT2D eigenvalue weighted by Crippen LogP contribution is -2.66. The monoisotopic (exact) mass is 553 g/mol. The third-order valence-electron chi connectivity index (χ3n) is 8.11. The van der Waals surface area contributed by atoms with E-state index in [2.05, 4.69) is 40.9 Å². The van der Waals surface area contributed by atoms with Crippen molar-refractivity contribution in [1.82, 2.24) is 39.5 Å². The molecule has 2 saturated heterocycles. The largest absolute Gasteiger partial charge is 0.436 e. The van der Waals surface area contributed by atoms with Gasteiger partial charge in [-0.2, -0.15) is 23.5 Å². The van der Waals surface area contributed by atoms with Crippen LogP contribution in [0.5, 0.6) is 0 Å².